The fraction of sp³-hybridized carbons (Fsp3) is 0.120. The fourth-order valence-corrected chi connectivity index (χ4v) is 5.24. The van der Waals surface area contributed by atoms with Crippen molar-refractivity contribution in [1.29, 1.82) is 0 Å². The highest BCUT2D eigenvalue weighted by atomic mass is 32.2. The van der Waals surface area contributed by atoms with E-state index in [9.17, 15) is 18.0 Å². The molecule has 2 heterocycles. The van der Waals surface area contributed by atoms with Gasteiger partial charge in [-0.15, -0.1) is 0 Å². The summed E-state index contributed by atoms with van der Waals surface area (Å²) in [5.74, 6) is 1.06. The first-order chi connectivity index (χ1) is 16.9. The number of sulfone groups is 1. The lowest BCUT2D eigenvalue weighted by molar-refractivity contribution is -0.116. The number of fused-ring (bicyclic) bond motifs is 2. The number of benzene rings is 3. The molecule has 3 aromatic carbocycles. The molecule has 1 aliphatic heterocycles. The van der Waals surface area contributed by atoms with Crippen molar-refractivity contribution < 1.29 is 27.4 Å². The van der Waals surface area contributed by atoms with E-state index in [0.717, 1.165) is 0 Å². The Labute approximate surface area is 200 Å². The molecule has 4 aromatic rings. The van der Waals surface area contributed by atoms with Gasteiger partial charge in [0.2, 0.25) is 28.0 Å². The zero-order valence-corrected chi connectivity index (χ0v) is 19.4. The molecule has 1 amide bonds. The van der Waals surface area contributed by atoms with Crippen LogP contribution in [0.2, 0.25) is 0 Å². The lowest BCUT2D eigenvalue weighted by Gasteiger charge is -2.15. The Hall–Kier alpha value is -4.31. The number of nitrogens with one attached hydrogen (secondary N) is 1. The number of anilines is 1. The van der Waals surface area contributed by atoms with Gasteiger partial charge in [0.1, 0.15) is 17.2 Å². The smallest absolute Gasteiger partial charge is 0.244 e. The molecule has 0 atom stereocenters. The molecule has 0 spiro atoms. The van der Waals surface area contributed by atoms with Crippen molar-refractivity contribution >= 4 is 32.3 Å². The number of hydrogen-bond donors (Lipinski definition) is 1. The molecule has 1 N–H and O–H groups in total. The highest BCUT2D eigenvalue weighted by molar-refractivity contribution is 7.91. The van der Waals surface area contributed by atoms with E-state index in [-0.39, 0.29) is 23.6 Å². The van der Waals surface area contributed by atoms with Gasteiger partial charge in [0.25, 0.3) is 0 Å². The Kier molecular flexibility index (Phi) is 5.65. The third-order valence-corrected chi connectivity index (χ3v) is 7.33. The van der Waals surface area contributed by atoms with Gasteiger partial charge in [-0.1, -0.05) is 18.2 Å². The largest absolute Gasteiger partial charge is 0.497 e. The van der Waals surface area contributed by atoms with Crippen LogP contribution in [0.15, 0.2) is 87.5 Å². The number of ether oxygens (including phenoxy) is 3. The molecule has 0 saturated heterocycles. The molecule has 0 bridgehead atoms. The Bertz CT molecular complexity index is 1610. The number of amides is 1. The van der Waals surface area contributed by atoms with Crippen molar-refractivity contribution in [2.75, 3.05) is 19.2 Å². The molecule has 35 heavy (non-hydrogen) atoms. The molecule has 0 saturated carbocycles. The average molecular weight is 493 g/mol. The van der Waals surface area contributed by atoms with Crippen LogP contribution in [-0.4, -0.2) is 32.8 Å². The van der Waals surface area contributed by atoms with Gasteiger partial charge >= 0.3 is 0 Å². The van der Waals surface area contributed by atoms with Gasteiger partial charge in [-0.05, 0) is 42.5 Å². The van der Waals surface area contributed by atoms with Gasteiger partial charge in [-0.2, -0.15) is 0 Å². The van der Waals surface area contributed by atoms with Gasteiger partial charge in [0.15, 0.2) is 11.5 Å². The van der Waals surface area contributed by atoms with Gasteiger partial charge in [0.05, 0.1) is 22.9 Å². The quantitative estimate of drug-likeness (QED) is 0.440. The number of methoxy groups -OCH3 is 1. The molecule has 9 nitrogen and oxygen atoms in total. The zero-order chi connectivity index (χ0) is 24.6. The second kappa shape index (κ2) is 8.80. The molecule has 10 heteroatoms. The number of rotatable bonds is 6. The molecular formula is C25H20N2O7S. The number of pyridine rings is 1. The summed E-state index contributed by atoms with van der Waals surface area (Å²) in [6, 6.07) is 17.4. The molecular weight excluding hydrogens is 472 g/mol. The Morgan fingerprint density at radius 2 is 1.80 bits per heavy atom. The van der Waals surface area contributed by atoms with E-state index >= 15 is 0 Å². The molecule has 1 aliphatic rings. The molecule has 0 unspecified atom stereocenters. The maximum Gasteiger partial charge on any atom is 0.244 e. The van der Waals surface area contributed by atoms with Crippen LogP contribution < -0.4 is 25.0 Å². The Morgan fingerprint density at radius 3 is 2.57 bits per heavy atom. The summed E-state index contributed by atoms with van der Waals surface area (Å²) in [6.07, 6.45) is 1.21. The van der Waals surface area contributed by atoms with Crippen LogP contribution in [0.1, 0.15) is 0 Å². The second-order valence-corrected chi connectivity index (χ2v) is 9.68. The van der Waals surface area contributed by atoms with E-state index in [1.165, 1.54) is 36.1 Å². The highest BCUT2D eigenvalue weighted by Gasteiger charge is 2.24. The summed E-state index contributed by atoms with van der Waals surface area (Å²) >= 11 is 0. The van der Waals surface area contributed by atoms with Gasteiger partial charge < -0.3 is 24.1 Å². The Balaban J connectivity index is 1.57. The van der Waals surface area contributed by atoms with E-state index in [4.69, 9.17) is 14.2 Å². The average Bonchev–Trinajstić information content (AvgIpc) is 3.34. The van der Waals surface area contributed by atoms with Crippen molar-refractivity contribution in [2.45, 2.75) is 16.3 Å². The van der Waals surface area contributed by atoms with E-state index in [1.54, 1.807) is 48.5 Å². The minimum atomic E-state index is -4.14. The SMILES string of the molecule is COc1ccc2c(c1)c(=O)c(S(=O)(=O)c1ccccc1)cn2CC(=O)Nc1ccc2c(c1)OCO2. The van der Waals surface area contributed by atoms with Crippen molar-refractivity contribution in [3.05, 3.63) is 83.2 Å². The molecule has 178 valence electrons. The van der Waals surface area contributed by atoms with Gasteiger partial charge in [0, 0.05) is 18.0 Å². The first kappa shape index (κ1) is 22.5. The van der Waals surface area contributed by atoms with Gasteiger partial charge in [-0.3, -0.25) is 9.59 Å². The van der Waals surface area contributed by atoms with E-state index in [2.05, 4.69) is 5.32 Å². The number of nitrogens with zero attached hydrogens (tertiary/aromatic N) is 1. The molecule has 0 radical (unpaired) electrons. The van der Waals surface area contributed by atoms with E-state index in [0.29, 0.717) is 28.5 Å². The molecule has 0 aliphatic carbocycles. The van der Waals surface area contributed by atoms with E-state index < -0.39 is 26.1 Å². The number of carbonyl (C=O) groups excluding carboxylic acids is 1. The monoisotopic (exact) mass is 492 g/mol. The van der Waals surface area contributed by atoms with Crippen molar-refractivity contribution in [2.24, 2.45) is 0 Å². The van der Waals surface area contributed by atoms with Crippen LogP contribution in [0.25, 0.3) is 10.9 Å². The van der Waals surface area contributed by atoms with Crippen LogP contribution >= 0.6 is 0 Å². The third kappa shape index (κ3) is 4.19. The third-order valence-electron chi connectivity index (χ3n) is 5.57. The summed E-state index contributed by atoms with van der Waals surface area (Å²) < 4.78 is 43.9. The van der Waals surface area contributed by atoms with Crippen LogP contribution in [0.4, 0.5) is 5.69 Å². The van der Waals surface area contributed by atoms with Crippen LogP contribution in [0.3, 0.4) is 0 Å². The first-order valence-electron chi connectivity index (χ1n) is 10.6. The number of carbonyl (C=O) groups is 1. The second-order valence-electron chi connectivity index (χ2n) is 7.77. The van der Waals surface area contributed by atoms with Crippen molar-refractivity contribution in [3.63, 3.8) is 0 Å². The van der Waals surface area contributed by atoms with Crippen molar-refractivity contribution in [1.82, 2.24) is 4.57 Å². The van der Waals surface area contributed by atoms with E-state index in [1.807, 2.05) is 0 Å². The predicted octanol–water partition coefficient (Wildman–Crippen LogP) is 3.21. The van der Waals surface area contributed by atoms with Crippen LogP contribution in [0.5, 0.6) is 17.2 Å². The van der Waals surface area contributed by atoms with Crippen molar-refractivity contribution in [3.8, 4) is 17.2 Å². The van der Waals surface area contributed by atoms with Crippen LogP contribution in [-0.2, 0) is 21.2 Å². The fourth-order valence-electron chi connectivity index (χ4n) is 3.86. The summed E-state index contributed by atoms with van der Waals surface area (Å²) in [7, 11) is -2.69. The summed E-state index contributed by atoms with van der Waals surface area (Å²) in [5, 5.41) is 2.89. The molecule has 0 fully saturated rings. The zero-order valence-electron chi connectivity index (χ0n) is 18.6. The molecule has 1 aromatic heterocycles. The number of aromatic nitrogens is 1. The summed E-state index contributed by atoms with van der Waals surface area (Å²) in [6.45, 7) is -0.132. The first-order valence-corrected chi connectivity index (χ1v) is 12.1. The topological polar surface area (TPSA) is 113 Å². The Morgan fingerprint density at radius 1 is 1.03 bits per heavy atom. The van der Waals surface area contributed by atoms with Crippen LogP contribution in [0, 0.1) is 0 Å². The maximum atomic E-state index is 13.3. The standard InChI is InChI=1S/C25H20N2O7S/c1-32-17-8-9-20-19(12-17)25(29)23(35(30,31)18-5-3-2-4-6-18)13-27(20)14-24(28)26-16-7-10-21-22(11-16)34-15-33-21/h2-13H,14-15H2,1H3,(H,26,28). The maximum absolute atomic E-state index is 13.3. The lowest BCUT2D eigenvalue weighted by Crippen LogP contribution is -2.24. The predicted molar refractivity (Wildman–Crippen MR) is 128 cm³/mol. The highest BCUT2D eigenvalue weighted by Crippen LogP contribution is 2.34. The normalized spacial score (nSPS) is 12.5. The minimum Gasteiger partial charge on any atom is -0.497 e. The summed E-state index contributed by atoms with van der Waals surface area (Å²) in [4.78, 5) is 25.7. The molecule has 5 rings (SSSR count). The lowest BCUT2D eigenvalue weighted by atomic mass is 10.2. The number of hydrogen-bond acceptors (Lipinski definition) is 7. The van der Waals surface area contributed by atoms with Gasteiger partial charge in [-0.25, -0.2) is 8.42 Å². The summed E-state index contributed by atoms with van der Waals surface area (Å²) in [5.41, 5.74) is 0.210. The minimum absolute atomic E-state index is 0.0179.